The van der Waals surface area contributed by atoms with Crippen molar-refractivity contribution in [1.82, 2.24) is 5.32 Å². The predicted molar refractivity (Wildman–Crippen MR) is 97.3 cm³/mol. The van der Waals surface area contributed by atoms with Crippen molar-refractivity contribution in [2.45, 2.75) is 26.8 Å². The maximum Gasteiger partial charge on any atom is 0.251 e. The van der Waals surface area contributed by atoms with Gasteiger partial charge in [0.1, 0.15) is 0 Å². The highest BCUT2D eigenvalue weighted by Crippen LogP contribution is 2.17. The van der Waals surface area contributed by atoms with Gasteiger partial charge in [-0.1, -0.05) is 18.2 Å². The Morgan fingerprint density at radius 2 is 1.96 bits per heavy atom. The maximum atomic E-state index is 11.9. The van der Waals surface area contributed by atoms with Gasteiger partial charge in [0, 0.05) is 17.8 Å². The maximum absolute atomic E-state index is 11.9. The summed E-state index contributed by atoms with van der Waals surface area (Å²) in [5, 5.41) is 5.98. The second kappa shape index (κ2) is 6.74. The van der Waals surface area contributed by atoms with Gasteiger partial charge in [0.05, 0.1) is 6.54 Å². The summed E-state index contributed by atoms with van der Waals surface area (Å²) in [4.78, 5) is 16.3. The van der Waals surface area contributed by atoms with Gasteiger partial charge in [-0.05, 0) is 60.7 Å². The average Bonchev–Trinajstić information content (AvgIpc) is 2.52. The number of aryl methyl sites for hydroxylation is 2. The lowest BCUT2D eigenvalue weighted by atomic mass is 9.98. The third kappa shape index (κ3) is 3.74. The zero-order valence-electron chi connectivity index (χ0n) is 14.0. The van der Waals surface area contributed by atoms with Crippen LogP contribution < -0.4 is 16.4 Å². The molecule has 0 saturated carbocycles. The van der Waals surface area contributed by atoms with Crippen molar-refractivity contribution in [3.05, 3.63) is 64.2 Å². The molecule has 1 aliphatic rings. The lowest BCUT2D eigenvalue weighted by molar-refractivity contribution is 0.0946. The van der Waals surface area contributed by atoms with Gasteiger partial charge in [-0.15, -0.1) is 0 Å². The van der Waals surface area contributed by atoms with E-state index >= 15 is 0 Å². The summed E-state index contributed by atoms with van der Waals surface area (Å²) < 4.78 is 0. The zero-order chi connectivity index (χ0) is 17.1. The fourth-order valence-electron chi connectivity index (χ4n) is 2.97. The molecule has 0 spiro atoms. The molecule has 4 N–H and O–H groups in total. The van der Waals surface area contributed by atoms with E-state index in [1.165, 1.54) is 11.1 Å². The molecule has 1 aliphatic heterocycles. The van der Waals surface area contributed by atoms with Gasteiger partial charge < -0.3 is 16.4 Å². The number of rotatable bonds is 3. The number of carbonyl (C=O) groups excluding carboxylic acids is 1. The predicted octanol–water partition coefficient (Wildman–Crippen LogP) is 2.52. The summed E-state index contributed by atoms with van der Waals surface area (Å²) in [5.74, 6) is 0.352. The number of nitrogens with two attached hydrogens (primary N) is 1. The van der Waals surface area contributed by atoms with Crippen molar-refractivity contribution in [2.24, 2.45) is 10.7 Å². The van der Waals surface area contributed by atoms with E-state index in [1.54, 1.807) is 0 Å². The van der Waals surface area contributed by atoms with Gasteiger partial charge in [0.25, 0.3) is 5.91 Å². The smallest absolute Gasteiger partial charge is 0.251 e. The van der Waals surface area contributed by atoms with E-state index in [4.69, 9.17) is 5.73 Å². The van der Waals surface area contributed by atoms with Crippen molar-refractivity contribution in [1.29, 1.82) is 0 Å². The van der Waals surface area contributed by atoms with Crippen LogP contribution in [0.2, 0.25) is 0 Å². The van der Waals surface area contributed by atoms with Gasteiger partial charge in [-0.25, -0.2) is 4.99 Å². The molecule has 3 rings (SSSR count). The fraction of sp³-hybridized carbons (Fsp3) is 0.263. The van der Waals surface area contributed by atoms with Crippen molar-refractivity contribution >= 4 is 17.6 Å². The first kappa shape index (κ1) is 16.1. The second-order valence-electron chi connectivity index (χ2n) is 6.20. The average molecular weight is 322 g/mol. The lowest BCUT2D eigenvalue weighted by Crippen LogP contribution is -2.31. The van der Waals surface area contributed by atoms with Crippen LogP contribution in [0, 0.1) is 13.8 Å². The van der Waals surface area contributed by atoms with Gasteiger partial charge in [0.2, 0.25) is 0 Å². The minimum Gasteiger partial charge on any atom is -0.370 e. The van der Waals surface area contributed by atoms with Gasteiger partial charge in [-0.3, -0.25) is 4.79 Å². The topological polar surface area (TPSA) is 79.5 Å². The van der Waals surface area contributed by atoms with Crippen molar-refractivity contribution in [3.63, 3.8) is 0 Å². The number of fused-ring (bicyclic) bond motifs is 1. The number of nitrogens with one attached hydrogen (secondary N) is 2. The van der Waals surface area contributed by atoms with E-state index in [2.05, 4.69) is 21.7 Å². The normalized spacial score (nSPS) is 14.1. The van der Waals surface area contributed by atoms with Gasteiger partial charge in [0.15, 0.2) is 5.96 Å². The molecule has 0 aromatic heterocycles. The minimum absolute atomic E-state index is 0.0107. The number of hydrogen-bond acceptors (Lipinski definition) is 2. The summed E-state index contributed by atoms with van der Waals surface area (Å²) in [5.41, 5.74) is 12.1. The van der Waals surface area contributed by atoms with E-state index in [-0.39, 0.29) is 5.91 Å². The number of guanidine groups is 1. The molecule has 2 aromatic rings. The fourth-order valence-corrected chi connectivity index (χ4v) is 2.97. The van der Waals surface area contributed by atoms with Crippen LogP contribution in [0.3, 0.4) is 0 Å². The Morgan fingerprint density at radius 1 is 1.21 bits per heavy atom. The molecular weight excluding hydrogens is 300 g/mol. The molecule has 0 fully saturated rings. The summed E-state index contributed by atoms with van der Waals surface area (Å²) in [6, 6.07) is 12.1. The van der Waals surface area contributed by atoms with E-state index < -0.39 is 0 Å². The molecule has 0 atom stereocenters. The summed E-state index contributed by atoms with van der Waals surface area (Å²) in [6.45, 7) is 5.23. The highest BCUT2D eigenvalue weighted by Gasteiger charge is 2.16. The number of nitrogens with zero attached hydrogens (tertiary/aromatic N) is 1. The van der Waals surface area contributed by atoms with Gasteiger partial charge in [-0.2, -0.15) is 0 Å². The zero-order valence-corrected chi connectivity index (χ0v) is 14.0. The molecule has 124 valence electrons. The third-order valence-corrected chi connectivity index (χ3v) is 4.02. The Morgan fingerprint density at radius 3 is 2.71 bits per heavy atom. The standard InChI is InChI=1S/C19H22N4O/c1-12-7-13(2)9-16(8-12)23-19(20)22-11-14-3-4-15-5-6-21-18(24)17(15)10-14/h3-4,7-10H,5-6,11H2,1-2H3,(H,21,24)(H3,20,22,23). The first-order chi connectivity index (χ1) is 11.5. The minimum atomic E-state index is -0.0107. The molecule has 0 saturated heterocycles. The van der Waals surface area contributed by atoms with E-state index in [9.17, 15) is 4.79 Å². The highest BCUT2D eigenvalue weighted by atomic mass is 16.1. The number of amides is 1. The van der Waals surface area contributed by atoms with E-state index in [1.807, 2.05) is 44.2 Å². The number of aliphatic imine (C=N–C) groups is 1. The van der Waals surface area contributed by atoms with Gasteiger partial charge >= 0.3 is 0 Å². The van der Waals surface area contributed by atoms with Crippen LogP contribution in [0.1, 0.15) is 32.6 Å². The van der Waals surface area contributed by atoms with E-state index in [0.29, 0.717) is 19.0 Å². The van der Waals surface area contributed by atoms with Crippen LogP contribution in [0.15, 0.2) is 41.4 Å². The van der Waals surface area contributed by atoms with Crippen molar-refractivity contribution < 1.29 is 4.79 Å². The SMILES string of the molecule is Cc1cc(C)cc(NC(N)=NCc2ccc3c(c2)C(=O)NCC3)c1. The summed E-state index contributed by atoms with van der Waals surface area (Å²) in [6.07, 6.45) is 0.876. The number of carbonyl (C=O) groups is 1. The van der Waals surface area contributed by atoms with E-state index in [0.717, 1.165) is 28.8 Å². The number of anilines is 1. The van der Waals surface area contributed by atoms with Crippen LogP contribution >= 0.6 is 0 Å². The molecule has 0 aliphatic carbocycles. The summed E-state index contributed by atoms with van der Waals surface area (Å²) >= 11 is 0. The Bertz CT molecular complexity index is 791. The molecule has 0 radical (unpaired) electrons. The first-order valence-electron chi connectivity index (χ1n) is 8.06. The molecule has 0 unspecified atom stereocenters. The number of hydrogen-bond donors (Lipinski definition) is 3. The first-order valence-corrected chi connectivity index (χ1v) is 8.06. The third-order valence-electron chi connectivity index (χ3n) is 4.02. The molecule has 5 nitrogen and oxygen atoms in total. The highest BCUT2D eigenvalue weighted by molar-refractivity contribution is 5.97. The van der Waals surface area contributed by atoms with Crippen LogP contribution in [0.25, 0.3) is 0 Å². The lowest BCUT2D eigenvalue weighted by Gasteiger charge is -2.16. The monoisotopic (exact) mass is 322 g/mol. The molecule has 24 heavy (non-hydrogen) atoms. The Labute approximate surface area is 142 Å². The molecular formula is C19H22N4O. The molecule has 1 heterocycles. The number of benzene rings is 2. The Kier molecular flexibility index (Phi) is 4.51. The van der Waals surface area contributed by atoms with Crippen LogP contribution in [-0.2, 0) is 13.0 Å². The summed E-state index contributed by atoms with van der Waals surface area (Å²) in [7, 11) is 0. The molecule has 5 heteroatoms. The van der Waals surface area contributed by atoms with Crippen LogP contribution in [0.4, 0.5) is 5.69 Å². The molecule has 1 amide bonds. The molecule has 2 aromatic carbocycles. The Hall–Kier alpha value is -2.82. The largest absolute Gasteiger partial charge is 0.370 e. The van der Waals surface area contributed by atoms with Crippen molar-refractivity contribution in [2.75, 3.05) is 11.9 Å². The van der Waals surface area contributed by atoms with Crippen LogP contribution in [0.5, 0.6) is 0 Å². The molecule has 0 bridgehead atoms. The Balaban J connectivity index is 1.71. The second-order valence-corrected chi connectivity index (χ2v) is 6.20. The van der Waals surface area contributed by atoms with Crippen LogP contribution in [-0.4, -0.2) is 18.4 Å². The quantitative estimate of drug-likeness (QED) is 0.600. The van der Waals surface area contributed by atoms with Crippen molar-refractivity contribution in [3.8, 4) is 0 Å².